The highest BCUT2D eigenvalue weighted by Crippen LogP contribution is 2.22. The first-order chi connectivity index (χ1) is 10.6. The fourth-order valence-corrected chi connectivity index (χ4v) is 1.91. The zero-order chi connectivity index (χ0) is 15.9. The Hall–Kier alpha value is -2.95. The maximum atomic E-state index is 11.9. The summed E-state index contributed by atoms with van der Waals surface area (Å²) in [7, 11) is 3.14. The molecule has 0 atom stereocenters. The van der Waals surface area contributed by atoms with Gasteiger partial charge < -0.3 is 20.5 Å². The molecule has 2 aromatic rings. The van der Waals surface area contributed by atoms with Crippen molar-refractivity contribution in [3.05, 3.63) is 54.1 Å². The molecular weight excluding hydrogens is 280 g/mol. The number of ether oxygens (including phenoxy) is 2. The summed E-state index contributed by atoms with van der Waals surface area (Å²) >= 11 is 0. The third-order valence-electron chi connectivity index (χ3n) is 3.02. The second kappa shape index (κ2) is 7.17. The number of hydrogen-bond acceptors (Lipinski definition) is 4. The van der Waals surface area contributed by atoms with Crippen LogP contribution in [-0.4, -0.2) is 20.1 Å². The Labute approximate surface area is 129 Å². The minimum Gasteiger partial charge on any atom is -0.497 e. The van der Waals surface area contributed by atoms with Gasteiger partial charge in [0.15, 0.2) is 0 Å². The topological polar surface area (TPSA) is 73.6 Å². The first-order valence-electron chi connectivity index (χ1n) is 6.69. The van der Waals surface area contributed by atoms with Gasteiger partial charge in [-0.15, -0.1) is 0 Å². The van der Waals surface area contributed by atoms with E-state index >= 15 is 0 Å². The van der Waals surface area contributed by atoms with Crippen molar-refractivity contribution in [1.29, 1.82) is 0 Å². The molecule has 0 radical (unpaired) electrons. The summed E-state index contributed by atoms with van der Waals surface area (Å²) in [5.74, 6) is 1.06. The summed E-state index contributed by atoms with van der Waals surface area (Å²) in [6.45, 7) is 0. The third kappa shape index (κ3) is 4.02. The molecular formula is C17H18N2O3. The van der Waals surface area contributed by atoms with Gasteiger partial charge in [0.25, 0.3) is 0 Å². The highest BCUT2D eigenvalue weighted by Gasteiger charge is 2.01. The van der Waals surface area contributed by atoms with E-state index in [1.807, 2.05) is 18.2 Å². The molecule has 0 aliphatic heterocycles. The van der Waals surface area contributed by atoms with Crippen molar-refractivity contribution < 1.29 is 14.3 Å². The average molecular weight is 298 g/mol. The van der Waals surface area contributed by atoms with Crippen molar-refractivity contribution in [2.24, 2.45) is 0 Å². The van der Waals surface area contributed by atoms with Crippen LogP contribution in [0.1, 0.15) is 5.56 Å². The summed E-state index contributed by atoms with van der Waals surface area (Å²) in [5, 5.41) is 2.76. The predicted octanol–water partition coefficient (Wildman–Crippen LogP) is 2.94. The Morgan fingerprint density at radius 3 is 2.64 bits per heavy atom. The van der Waals surface area contributed by atoms with Gasteiger partial charge in [0.1, 0.15) is 11.5 Å². The number of nitrogen functional groups attached to an aromatic ring is 1. The van der Waals surface area contributed by atoms with E-state index in [1.54, 1.807) is 44.6 Å². The molecule has 22 heavy (non-hydrogen) atoms. The van der Waals surface area contributed by atoms with Crippen molar-refractivity contribution in [3.8, 4) is 11.5 Å². The molecule has 2 aromatic carbocycles. The molecule has 1 amide bonds. The lowest BCUT2D eigenvalue weighted by Gasteiger charge is -2.05. The Morgan fingerprint density at radius 2 is 1.95 bits per heavy atom. The number of benzene rings is 2. The van der Waals surface area contributed by atoms with E-state index in [2.05, 4.69) is 5.32 Å². The smallest absolute Gasteiger partial charge is 0.248 e. The summed E-state index contributed by atoms with van der Waals surface area (Å²) in [5.41, 5.74) is 7.83. The fraction of sp³-hybridized carbons (Fsp3) is 0.118. The van der Waals surface area contributed by atoms with Gasteiger partial charge in [-0.05, 0) is 35.9 Å². The van der Waals surface area contributed by atoms with Crippen molar-refractivity contribution in [1.82, 2.24) is 0 Å². The van der Waals surface area contributed by atoms with E-state index in [-0.39, 0.29) is 5.91 Å². The largest absolute Gasteiger partial charge is 0.497 e. The quantitative estimate of drug-likeness (QED) is 0.657. The molecule has 0 bridgehead atoms. The van der Waals surface area contributed by atoms with Crippen LogP contribution in [0.25, 0.3) is 6.08 Å². The number of hydrogen-bond donors (Lipinski definition) is 2. The molecule has 5 nitrogen and oxygen atoms in total. The molecule has 2 rings (SSSR count). The molecule has 114 valence electrons. The van der Waals surface area contributed by atoms with Gasteiger partial charge in [0.2, 0.25) is 5.91 Å². The van der Waals surface area contributed by atoms with Crippen LogP contribution in [-0.2, 0) is 4.79 Å². The first-order valence-corrected chi connectivity index (χ1v) is 6.69. The van der Waals surface area contributed by atoms with Crippen molar-refractivity contribution >= 4 is 23.4 Å². The Kier molecular flexibility index (Phi) is 5.03. The van der Waals surface area contributed by atoms with Gasteiger partial charge in [-0.2, -0.15) is 0 Å². The molecule has 0 unspecified atom stereocenters. The standard InChI is InChI=1S/C17H18N2O3/c1-21-14-5-3-4-13(11-14)19-17(20)9-7-12-6-8-16(22-2)15(18)10-12/h3-11H,18H2,1-2H3,(H,19,20)/b9-7+. The maximum Gasteiger partial charge on any atom is 0.248 e. The zero-order valence-corrected chi connectivity index (χ0v) is 12.5. The van der Waals surface area contributed by atoms with Crippen molar-refractivity contribution in [2.45, 2.75) is 0 Å². The summed E-state index contributed by atoms with van der Waals surface area (Å²) in [4.78, 5) is 11.9. The first kappa shape index (κ1) is 15.4. The number of carbonyl (C=O) groups is 1. The summed E-state index contributed by atoms with van der Waals surface area (Å²) < 4.78 is 10.2. The van der Waals surface area contributed by atoms with Gasteiger partial charge in [0.05, 0.1) is 19.9 Å². The second-order valence-electron chi connectivity index (χ2n) is 4.56. The van der Waals surface area contributed by atoms with Gasteiger partial charge in [-0.3, -0.25) is 4.79 Å². The lowest BCUT2D eigenvalue weighted by molar-refractivity contribution is -0.111. The third-order valence-corrected chi connectivity index (χ3v) is 3.02. The maximum absolute atomic E-state index is 11.9. The highest BCUT2D eigenvalue weighted by atomic mass is 16.5. The van der Waals surface area contributed by atoms with Crippen LogP contribution >= 0.6 is 0 Å². The SMILES string of the molecule is COc1cccc(NC(=O)/C=C/c2ccc(OC)c(N)c2)c1. The fourth-order valence-electron chi connectivity index (χ4n) is 1.91. The van der Waals surface area contributed by atoms with Gasteiger partial charge in [-0.25, -0.2) is 0 Å². The molecule has 0 aliphatic rings. The molecule has 0 saturated heterocycles. The van der Waals surface area contributed by atoms with Crippen LogP contribution in [0.2, 0.25) is 0 Å². The van der Waals surface area contributed by atoms with Crippen LogP contribution < -0.4 is 20.5 Å². The van der Waals surface area contributed by atoms with Gasteiger partial charge in [-0.1, -0.05) is 12.1 Å². The normalized spacial score (nSPS) is 10.5. The van der Waals surface area contributed by atoms with E-state index in [4.69, 9.17) is 15.2 Å². The second-order valence-corrected chi connectivity index (χ2v) is 4.56. The molecule has 0 aromatic heterocycles. The Morgan fingerprint density at radius 1 is 1.14 bits per heavy atom. The zero-order valence-electron chi connectivity index (χ0n) is 12.5. The molecule has 5 heteroatoms. The molecule has 0 heterocycles. The van der Waals surface area contributed by atoms with E-state index < -0.39 is 0 Å². The molecule has 3 N–H and O–H groups in total. The summed E-state index contributed by atoms with van der Waals surface area (Å²) in [6.07, 6.45) is 3.13. The van der Waals surface area contributed by atoms with Crippen LogP contribution in [0, 0.1) is 0 Å². The van der Waals surface area contributed by atoms with Crippen molar-refractivity contribution in [3.63, 3.8) is 0 Å². The van der Waals surface area contributed by atoms with Crippen LogP contribution in [0.5, 0.6) is 11.5 Å². The number of amides is 1. The number of nitrogens with two attached hydrogens (primary N) is 1. The Bertz CT molecular complexity index is 696. The number of anilines is 2. The lowest BCUT2D eigenvalue weighted by atomic mass is 10.1. The van der Waals surface area contributed by atoms with Crippen LogP contribution in [0.3, 0.4) is 0 Å². The molecule has 0 spiro atoms. The number of methoxy groups -OCH3 is 2. The Balaban J connectivity index is 2.03. The van der Waals surface area contributed by atoms with Gasteiger partial charge in [0, 0.05) is 17.8 Å². The van der Waals surface area contributed by atoms with E-state index in [0.717, 1.165) is 5.56 Å². The molecule has 0 saturated carbocycles. The van der Waals surface area contributed by atoms with E-state index in [1.165, 1.54) is 6.08 Å². The minimum absolute atomic E-state index is 0.234. The average Bonchev–Trinajstić information content (AvgIpc) is 2.53. The monoisotopic (exact) mass is 298 g/mol. The molecule has 0 fully saturated rings. The van der Waals surface area contributed by atoms with Crippen molar-refractivity contribution in [2.75, 3.05) is 25.3 Å². The number of carbonyl (C=O) groups excluding carboxylic acids is 1. The number of nitrogens with one attached hydrogen (secondary N) is 1. The van der Waals surface area contributed by atoms with E-state index in [9.17, 15) is 4.79 Å². The molecule has 0 aliphatic carbocycles. The predicted molar refractivity (Wildman–Crippen MR) is 88.1 cm³/mol. The number of rotatable bonds is 5. The van der Waals surface area contributed by atoms with Crippen LogP contribution in [0.4, 0.5) is 11.4 Å². The lowest BCUT2D eigenvalue weighted by Crippen LogP contribution is -2.07. The van der Waals surface area contributed by atoms with Crippen LogP contribution in [0.15, 0.2) is 48.5 Å². The summed E-state index contributed by atoms with van der Waals surface area (Å²) in [6, 6.07) is 12.5. The minimum atomic E-state index is -0.234. The van der Waals surface area contributed by atoms with Gasteiger partial charge >= 0.3 is 0 Å². The highest BCUT2D eigenvalue weighted by molar-refractivity contribution is 6.02. The van der Waals surface area contributed by atoms with E-state index in [0.29, 0.717) is 22.9 Å².